The molecule has 1 fully saturated rings. The summed E-state index contributed by atoms with van der Waals surface area (Å²) in [6.07, 6.45) is 5.01. The molecule has 1 amide bonds. The molecule has 1 N–H and O–H groups in total. The van der Waals surface area contributed by atoms with E-state index in [4.69, 9.17) is 0 Å². The van der Waals surface area contributed by atoms with Crippen molar-refractivity contribution in [3.8, 4) is 17.2 Å². The van der Waals surface area contributed by atoms with Gasteiger partial charge in [-0.3, -0.25) is 9.36 Å². The first kappa shape index (κ1) is 21.7. The van der Waals surface area contributed by atoms with Crippen LogP contribution in [0.1, 0.15) is 12.8 Å². The van der Waals surface area contributed by atoms with Crippen molar-refractivity contribution in [2.75, 3.05) is 23.3 Å². The van der Waals surface area contributed by atoms with Crippen LogP contribution in [0.5, 0.6) is 0 Å². The van der Waals surface area contributed by atoms with Crippen molar-refractivity contribution < 1.29 is 13.6 Å². The lowest BCUT2D eigenvalue weighted by Crippen LogP contribution is -2.41. The van der Waals surface area contributed by atoms with Gasteiger partial charge in [-0.05, 0) is 37.1 Å². The van der Waals surface area contributed by atoms with Crippen LogP contribution in [0, 0.1) is 17.6 Å². The Labute approximate surface area is 195 Å². The number of carbonyl (C=O) groups excluding carboxylic acids is 1. The molecule has 34 heavy (non-hydrogen) atoms. The van der Waals surface area contributed by atoms with Crippen LogP contribution < -0.4 is 10.2 Å². The molecule has 9 heteroatoms. The second-order valence-corrected chi connectivity index (χ2v) is 8.14. The van der Waals surface area contributed by atoms with E-state index in [0.29, 0.717) is 24.6 Å². The van der Waals surface area contributed by atoms with Gasteiger partial charge in [-0.1, -0.05) is 30.3 Å². The lowest BCUT2D eigenvalue weighted by atomic mass is 9.97. The van der Waals surface area contributed by atoms with Crippen LogP contribution in [-0.4, -0.2) is 38.7 Å². The first-order valence-electron chi connectivity index (χ1n) is 11.0. The van der Waals surface area contributed by atoms with Crippen LogP contribution >= 0.6 is 0 Å². The van der Waals surface area contributed by atoms with Gasteiger partial charge in [0.2, 0.25) is 5.91 Å². The molecule has 2 aromatic heterocycles. The van der Waals surface area contributed by atoms with Gasteiger partial charge in [-0.2, -0.15) is 0 Å². The van der Waals surface area contributed by atoms with Crippen LogP contribution in [0.3, 0.4) is 0 Å². The average Bonchev–Trinajstić information content (AvgIpc) is 3.36. The summed E-state index contributed by atoms with van der Waals surface area (Å²) in [6.45, 7) is 1.17. The molecule has 0 aliphatic carbocycles. The summed E-state index contributed by atoms with van der Waals surface area (Å²) in [6, 6.07) is 16.7. The molecule has 4 aromatic rings. The van der Waals surface area contributed by atoms with Gasteiger partial charge in [0.15, 0.2) is 11.6 Å². The van der Waals surface area contributed by atoms with Gasteiger partial charge in [0, 0.05) is 37.1 Å². The minimum absolute atomic E-state index is 0.0257. The van der Waals surface area contributed by atoms with Gasteiger partial charge in [0.25, 0.3) is 0 Å². The lowest BCUT2D eigenvalue weighted by Gasteiger charge is -2.32. The van der Waals surface area contributed by atoms with E-state index < -0.39 is 11.6 Å². The molecule has 1 aliphatic rings. The van der Waals surface area contributed by atoms with Crippen LogP contribution in [0.2, 0.25) is 0 Å². The number of anilines is 2. The summed E-state index contributed by atoms with van der Waals surface area (Å²) < 4.78 is 28.9. The third kappa shape index (κ3) is 4.50. The third-order valence-electron chi connectivity index (χ3n) is 5.86. The number of piperidine rings is 1. The average molecular weight is 460 g/mol. The SMILES string of the molecule is O=C(Nc1ccc(F)cc1F)C1CCCN(c2ccc(-n3ccnc3-c3ccccc3)nn2)C1. The Bertz CT molecular complexity index is 1290. The number of hydrogen-bond donors (Lipinski definition) is 1. The summed E-state index contributed by atoms with van der Waals surface area (Å²) in [5.74, 6) is -0.0623. The highest BCUT2D eigenvalue weighted by Gasteiger charge is 2.27. The number of halogens is 2. The zero-order valence-electron chi connectivity index (χ0n) is 18.2. The Morgan fingerprint density at radius 2 is 1.79 bits per heavy atom. The second kappa shape index (κ2) is 9.38. The molecule has 0 spiro atoms. The van der Waals surface area contributed by atoms with Crippen LogP contribution in [0.15, 0.2) is 73.1 Å². The maximum absolute atomic E-state index is 13.9. The van der Waals surface area contributed by atoms with E-state index >= 15 is 0 Å². The Hall–Kier alpha value is -4.14. The van der Waals surface area contributed by atoms with Crippen molar-refractivity contribution in [1.82, 2.24) is 19.7 Å². The molecular formula is C25H22F2N6O. The lowest BCUT2D eigenvalue weighted by molar-refractivity contribution is -0.120. The van der Waals surface area contributed by atoms with Crippen molar-refractivity contribution >= 4 is 17.4 Å². The van der Waals surface area contributed by atoms with Crippen molar-refractivity contribution in [2.45, 2.75) is 12.8 Å². The Morgan fingerprint density at radius 1 is 1.00 bits per heavy atom. The van der Waals surface area contributed by atoms with Gasteiger partial charge < -0.3 is 10.2 Å². The minimum atomic E-state index is -0.795. The first-order chi connectivity index (χ1) is 16.6. The molecule has 7 nitrogen and oxygen atoms in total. The van der Waals surface area contributed by atoms with E-state index in [1.165, 1.54) is 6.07 Å². The van der Waals surface area contributed by atoms with Gasteiger partial charge >= 0.3 is 0 Å². The molecule has 1 saturated heterocycles. The number of amides is 1. The minimum Gasteiger partial charge on any atom is -0.354 e. The highest BCUT2D eigenvalue weighted by molar-refractivity contribution is 5.93. The molecule has 1 aliphatic heterocycles. The predicted octanol–water partition coefficient (Wildman–Crippen LogP) is 4.46. The predicted molar refractivity (Wildman–Crippen MR) is 125 cm³/mol. The molecule has 1 atom stereocenters. The summed E-state index contributed by atoms with van der Waals surface area (Å²) in [5.41, 5.74) is 0.947. The number of nitrogens with one attached hydrogen (secondary N) is 1. The summed E-state index contributed by atoms with van der Waals surface area (Å²) >= 11 is 0. The smallest absolute Gasteiger partial charge is 0.229 e. The van der Waals surface area contributed by atoms with Crippen molar-refractivity contribution in [3.05, 3.63) is 84.7 Å². The normalized spacial score (nSPS) is 15.8. The highest BCUT2D eigenvalue weighted by Crippen LogP contribution is 2.25. The fourth-order valence-electron chi connectivity index (χ4n) is 4.13. The Morgan fingerprint density at radius 3 is 2.56 bits per heavy atom. The molecular weight excluding hydrogens is 438 g/mol. The monoisotopic (exact) mass is 460 g/mol. The molecule has 2 aromatic carbocycles. The van der Waals surface area contributed by atoms with Gasteiger partial charge in [-0.15, -0.1) is 10.2 Å². The fourth-order valence-corrected chi connectivity index (χ4v) is 4.13. The highest BCUT2D eigenvalue weighted by atomic mass is 19.1. The van der Waals surface area contributed by atoms with Crippen molar-refractivity contribution in [2.24, 2.45) is 5.92 Å². The van der Waals surface area contributed by atoms with E-state index in [0.717, 1.165) is 36.5 Å². The number of nitrogens with zero attached hydrogens (tertiary/aromatic N) is 5. The molecule has 0 saturated carbocycles. The van der Waals surface area contributed by atoms with E-state index in [1.807, 2.05) is 58.1 Å². The van der Waals surface area contributed by atoms with Crippen LogP contribution in [0.4, 0.5) is 20.3 Å². The number of aromatic nitrogens is 4. The van der Waals surface area contributed by atoms with E-state index in [9.17, 15) is 13.6 Å². The number of carbonyl (C=O) groups is 1. The zero-order valence-corrected chi connectivity index (χ0v) is 18.2. The second-order valence-electron chi connectivity index (χ2n) is 8.14. The van der Waals surface area contributed by atoms with Gasteiger partial charge in [0.05, 0.1) is 11.6 Å². The standard InChI is InChI=1S/C25H22F2N6O/c26-19-8-9-21(20(27)15-19)29-25(34)18-7-4-13-32(16-18)22-10-11-23(31-30-22)33-14-12-28-24(33)17-5-2-1-3-6-17/h1-3,5-6,8-12,14-15,18H,4,7,13,16H2,(H,29,34). The number of rotatable bonds is 5. The Balaban J connectivity index is 1.29. The van der Waals surface area contributed by atoms with Crippen molar-refractivity contribution in [1.29, 1.82) is 0 Å². The third-order valence-corrected chi connectivity index (χ3v) is 5.86. The largest absolute Gasteiger partial charge is 0.354 e. The maximum atomic E-state index is 13.9. The van der Waals surface area contributed by atoms with Gasteiger partial charge in [0.1, 0.15) is 17.5 Å². The van der Waals surface area contributed by atoms with E-state index in [1.54, 1.807) is 6.20 Å². The fraction of sp³-hybridized carbons (Fsp3) is 0.200. The summed E-state index contributed by atoms with van der Waals surface area (Å²) in [4.78, 5) is 19.2. The molecule has 0 bridgehead atoms. The van der Waals surface area contributed by atoms with Crippen LogP contribution in [-0.2, 0) is 4.79 Å². The summed E-state index contributed by atoms with van der Waals surface area (Å²) in [7, 11) is 0. The van der Waals surface area contributed by atoms with E-state index in [-0.39, 0.29) is 17.5 Å². The molecule has 5 rings (SSSR count). The quantitative estimate of drug-likeness (QED) is 0.476. The molecule has 3 heterocycles. The van der Waals surface area contributed by atoms with Gasteiger partial charge in [-0.25, -0.2) is 13.8 Å². The Kier molecular flexibility index (Phi) is 5.99. The molecule has 1 unspecified atom stereocenters. The molecule has 172 valence electrons. The van der Waals surface area contributed by atoms with Crippen LogP contribution in [0.25, 0.3) is 17.2 Å². The number of imidazole rings is 1. The number of hydrogen-bond acceptors (Lipinski definition) is 5. The summed E-state index contributed by atoms with van der Waals surface area (Å²) in [5, 5.41) is 11.3. The first-order valence-corrected chi connectivity index (χ1v) is 11.0. The maximum Gasteiger partial charge on any atom is 0.229 e. The number of benzene rings is 2. The topological polar surface area (TPSA) is 75.9 Å². The zero-order chi connectivity index (χ0) is 23.5. The molecule has 0 radical (unpaired) electrons. The van der Waals surface area contributed by atoms with Crippen molar-refractivity contribution in [3.63, 3.8) is 0 Å². The van der Waals surface area contributed by atoms with E-state index in [2.05, 4.69) is 20.5 Å².